The Labute approximate surface area is 179 Å². The Hall–Kier alpha value is -2.18. The van der Waals surface area contributed by atoms with Crippen LogP contribution in [0, 0.1) is 5.92 Å². The predicted octanol–water partition coefficient (Wildman–Crippen LogP) is 3.57. The van der Waals surface area contributed by atoms with Crippen molar-refractivity contribution in [3.63, 3.8) is 0 Å². The molecule has 1 aromatic carbocycles. The Morgan fingerprint density at radius 1 is 1.17 bits per heavy atom. The fourth-order valence-electron chi connectivity index (χ4n) is 3.95. The summed E-state index contributed by atoms with van der Waals surface area (Å²) in [5.41, 5.74) is 2.73. The monoisotopic (exact) mass is 410 g/mol. The maximum absolute atomic E-state index is 10.3. The molecule has 3 N–H and O–H groups in total. The van der Waals surface area contributed by atoms with Gasteiger partial charge < -0.3 is 20.4 Å². The van der Waals surface area contributed by atoms with Gasteiger partial charge in [-0.05, 0) is 55.7 Å². The van der Waals surface area contributed by atoms with E-state index in [4.69, 9.17) is 9.97 Å². The zero-order valence-corrected chi connectivity index (χ0v) is 18.5. The van der Waals surface area contributed by atoms with E-state index in [2.05, 4.69) is 36.2 Å². The fraction of sp³-hybridized carbons (Fsp3) is 0.583. The number of aliphatic hydroxyl groups is 2. The zero-order chi connectivity index (χ0) is 21.5. The van der Waals surface area contributed by atoms with Gasteiger partial charge in [0.05, 0.1) is 18.2 Å². The lowest BCUT2D eigenvalue weighted by Crippen LogP contribution is -2.33. The molecule has 4 rings (SSSR count). The van der Waals surface area contributed by atoms with E-state index in [1.165, 1.54) is 11.1 Å². The fourth-order valence-corrected chi connectivity index (χ4v) is 3.95. The van der Waals surface area contributed by atoms with Gasteiger partial charge in [-0.3, -0.25) is 0 Å². The SMILES string of the molecule is CC(C)[C@@H](CO)Nc1cc(N2CCc3cc(C(C)(C)O)ccc3C2)nc(C2CC2)n1. The molecule has 6 nitrogen and oxygen atoms in total. The van der Waals surface area contributed by atoms with Crippen LogP contribution in [0.5, 0.6) is 0 Å². The van der Waals surface area contributed by atoms with E-state index < -0.39 is 5.60 Å². The van der Waals surface area contributed by atoms with Crippen LogP contribution in [0.25, 0.3) is 0 Å². The summed E-state index contributed by atoms with van der Waals surface area (Å²) in [6, 6.07) is 8.30. The summed E-state index contributed by atoms with van der Waals surface area (Å²) in [6.07, 6.45) is 3.23. The number of hydrogen-bond donors (Lipinski definition) is 3. The molecule has 2 aromatic rings. The third kappa shape index (κ3) is 4.60. The third-order valence-corrected chi connectivity index (χ3v) is 6.26. The van der Waals surface area contributed by atoms with Crippen LogP contribution in [0.15, 0.2) is 24.3 Å². The first-order valence-corrected chi connectivity index (χ1v) is 11.1. The largest absolute Gasteiger partial charge is 0.394 e. The number of aromatic nitrogens is 2. The summed E-state index contributed by atoms with van der Waals surface area (Å²) in [7, 11) is 0. The molecule has 1 aliphatic carbocycles. The first-order chi connectivity index (χ1) is 14.2. The number of fused-ring (bicyclic) bond motifs is 1. The second-order valence-electron chi connectivity index (χ2n) is 9.64. The third-order valence-electron chi connectivity index (χ3n) is 6.26. The van der Waals surface area contributed by atoms with Gasteiger partial charge in [0.15, 0.2) is 0 Å². The highest BCUT2D eigenvalue weighted by Gasteiger charge is 2.29. The van der Waals surface area contributed by atoms with Gasteiger partial charge in [-0.1, -0.05) is 32.0 Å². The molecule has 1 aromatic heterocycles. The molecule has 6 heteroatoms. The number of nitrogens with zero attached hydrogens (tertiary/aromatic N) is 3. The van der Waals surface area contributed by atoms with Crippen molar-refractivity contribution in [3.8, 4) is 0 Å². The minimum Gasteiger partial charge on any atom is -0.394 e. The average molecular weight is 411 g/mol. The molecular formula is C24H34N4O2. The van der Waals surface area contributed by atoms with Crippen LogP contribution >= 0.6 is 0 Å². The van der Waals surface area contributed by atoms with Gasteiger partial charge in [0, 0.05) is 25.1 Å². The highest BCUT2D eigenvalue weighted by atomic mass is 16.3. The van der Waals surface area contributed by atoms with Crippen molar-refractivity contribution in [2.45, 2.75) is 71.1 Å². The molecule has 1 aliphatic heterocycles. The molecule has 0 bridgehead atoms. The lowest BCUT2D eigenvalue weighted by molar-refractivity contribution is 0.0785. The van der Waals surface area contributed by atoms with Crippen molar-refractivity contribution in [1.29, 1.82) is 0 Å². The van der Waals surface area contributed by atoms with E-state index in [1.807, 2.05) is 26.0 Å². The Balaban J connectivity index is 1.59. The van der Waals surface area contributed by atoms with Crippen molar-refractivity contribution in [3.05, 3.63) is 46.8 Å². The minimum absolute atomic E-state index is 0.0258. The van der Waals surface area contributed by atoms with E-state index in [0.29, 0.717) is 11.8 Å². The van der Waals surface area contributed by atoms with Crippen LogP contribution in [-0.4, -0.2) is 39.4 Å². The van der Waals surface area contributed by atoms with Crippen molar-refractivity contribution in [2.24, 2.45) is 5.92 Å². The first kappa shape index (κ1) is 21.1. The van der Waals surface area contributed by atoms with Crippen molar-refractivity contribution < 1.29 is 10.2 Å². The predicted molar refractivity (Wildman–Crippen MR) is 120 cm³/mol. The van der Waals surface area contributed by atoms with Crippen LogP contribution in [0.1, 0.15) is 69.0 Å². The summed E-state index contributed by atoms with van der Waals surface area (Å²) in [4.78, 5) is 12.0. The van der Waals surface area contributed by atoms with Gasteiger partial charge in [0.2, 0.25) is 0 Å². The number of aliphatic hydroxyl groups excluding tert-OH is 1. The highest BCUT2D eigenvalue weighted by molar-refractivity contribution is 5.53. The molecule has 30 heavy (non-hydrogen) atoms. The number of anilines is 2. The molecular weight excluding hydrogens is 376 g/mol. The maximum atomic E-state index is 10.3. The Morgan fingerprint density at radius 3 is 2.57 bits per heavy atom. The molecule has 0 unspecified atom stereocenters. The van der Waals surface area contributed by atoms with Gasteiger partial charge in [-0.2, -0.15) is 0 Å². The van der Waals surface area contributed by atoms with Crippen LogP contribution in [0.3, 0.4) is 0 Å². The zero-order valence-electron chi connectivity index (χ0n) is 18.5. The Morgan fingerprint density at radius 2 is 1.93 bits per heavy atom. The molecule has 0 saturated heterocycles. The lowest BCUT2D eigenvalue weighted by Gasteiger charge is -2.31. The van der Waals surface area contributed by atoms with Crippen LogP contribution < -0.4 is 10.2 Å². The molecule has 0 radical (unpaired) electrons. The summed E-state index contributed by atoms with van der Waals surface area (Å²) < 4.78 is 0. The van der Waals surface area contributed by atoms with E-state index in [1.54, 1.807) is 0 Å². The lowest BCUT2D eigenvalue weighted by atomic mass is 9.91. The van der Waals surface area contributed by atoms with Crippen molar-refractivity contribution in [1.82, 2.24) is 9.97 Å². The topological polar surface area (TPSA) is 81.5 Å². The van der Waals surface area contributed by atoms with E-state index in [9.17, 15) is 10.2 Å². The van der Waals surface area contributed by atoms with Gasteiger partial charge in [0.25, 0.3) is 0 Å². The second kappa shape index (κ2) is 8.16. The van der Waals surface area contributed by atoms with E-state index >= 15 is 0 Å². The smallest absolute Gasteiger partial charge is 0.136 e. The Bertz CT molecular complexity index is 903. The average Bonchev–Trinajstić information content (AvgIpc) is 3.55. The van der Waals surface area contributed by atoms with Gasteiger partial charge in [-0.15, -0.1) is 0 Å². The van der Waals surface area contributed by atoms with Gasteiger partial charge in [0.1, 0.15) is 17.5 Å². The molecule has 162 valence electrons. The van der Waals surface area contributed by atoms with Gasteiger partial charge in [-0.25, -0.2) is 9.97 Å². The van der Waals surface area contributed by atoms with Gasteiger partial charge >= 0.3 is 0 Å². The summed E-state index contributed by atoms with van der Waals surface area (Å²) in [5, 5.41) is 23.5. The molecule has 1 saturated carbocycles. The number of hydrogen-bond acceptors (Lipinski definition) is 6. The van der Waals surface area contributed by atoms with Crippen molar-refractivity contribution in [2.75, 3.05) is 23.4 Å². The molecule has 1 fully saturated rings. The van der Waals surface area contributed by atoms with E-state index in [0.717, 1.165) is 55.4 Å². The van der Waals surface area contributed by atoms with Crippen molar-refractivity contribution >= 4 is 11.6 Å². The standard InChI is InChI=1S/C24H34N4O2/c1-15(2)20(14-29)25-21-12-22(27-23(26-21)16-5-6-16)28-10-9-17-11-19(24(3,4)30)8-7-18(17)13-28/h7-8,11-12,15-16,20,29-30H,5-6,9-10,13-14H2,1-4H3,(H,25,26,27)/t20-/m1/s1. The maximum Gasteiger partial charge on any atom is 0.136 e. The van der Waals surface area contributed by atoms with Crippen LogP contribution in [-0.2, 0) is 18.6 Å². The molecule has 0 spiro atoms. The number of benzene rings is 1. The molecule has 2 heterocycles. The minimum atomic E-state index is -0.821. The highest BCUT2D eigenvalue weighted by Crippen LogP contribution is 2.39. The quantitative estimate of drug-likeness (QED) is 0.647. The van der Waals surface area contributed by atoms with Crippen LogP contribution in [0.2, 0.25) is 0 Å². The molecule has 0 amide bonds. The Kier molecular flexibility index (Phi) is 5.73. The summed E-state index contributed by atoms with van der Waals surface area (Å²) in [5.74, 6) is 3.44. The first-order valence-electron chi connectivity index (χ1n) is 11.1. The summed E-state index contributed by atoms with van der Waals surface area (Å²) in [6.45, 7) is 9.62. The molecule has 1 atom stereocenters. The molecule has 2 aliphatic rings. The number of nitrogens with one attached hydrogen (secondary N) is 1. The normalized spacial score (nSPS) is 17.8. The second-order valence-corrected chi connectivity index (χ2v) is 9.64. The number of rotatable bonds is 7. The van der Waals surface area contributed by atoms with Crippen LogP contribution in [0.4, 0.5) is 11.6 Å². The van der Waals surface area contributed by atoms with E-state index in [-0.39, 0.29) is 12.6 Å². The summed E-state index contributed by atoms with van der Waals surface area (Å²) >= 11 is 0.